The number of rotatable bonds is 5. The summed E-state index contributed by atoms with van der Waals surface area (Å²) in [6, 6.07) is 18.3. The fourth-order valence-electron chi connectivity index (χ4n) is 4.71. The maximum atomic E-state index is 13.4. The summed E-state index contributed by atoms with van der Waals surface area (Å²) in [6.07, 6.45) is 1.53. The lowest BCUT2D eigenvalue weighted by atomic mass is 9.94. The number of Topliss-reactive ketones (excluding diaryl/α,β-unsaturated/α-hetero) is 1. The molecule has 182 valence electrons. The van der Waals surface area contributed by atoms with Crippen molar-refractivity contribution in [2.24, 2.45) is 0 Å². The average Bonchev–Trinajstić information content (AvgIpc) is 3.45. The molecular formula is C29H25NO6. The minimum atomic E-state index is -0.919. The number of ether oxygens (including phenoxy) is 2. The Kier molecular flexibility index (Phi) is 6.06. The van der Waals surface area contributed by atoms with Gasteiger partial charge in [-0.2, -0.15) is 0 Å². The maximum Gasteiger partial charge on any atom is 0.308 e. The topological polar surface area (TPSA) is 93.1 Å². The highest BCUT2D eigenvalue weighted by atomic mass is 16.5. The van der Waals surface area contributed by atoms with Crippen LogP contribution < -0.4 is 14.4 Å². The van der Waals surface area contributed by atoms with E-state index in [4.69, 9.17) is 9.47 Å². The van der Waals surface area contributed by atoms with E-state index >= 15 is 0 Å². The van der Waals surface area contributed by atoms with E-state index in [1.165, 1.54) is 11.8 Å². The number of anilines is 1. The molecule has 0 saturated carbocycles. The minimum absolute atomic E-state index is 0.0293. The number of ketones is 1. The summed E-state index contributed by atoms with van der Waals surface area (Å²) in [6.45, 7) is 3.88. The Labute approximate surface area is 208 Å². The molecule has 0 aliphatic carbocycles. The van der Waals surface area contributed by atoms with Crippen LogP contribution in [0.2, 0.25) is 0 Å². The second kappa shape index (κ2) is 9.34. The summed E-state index contributed by atoms with van der Waals surface area (Å²) in [4.78, 5) is 39.7. The van der Waals surface area contributed by atoms with Crippen LogP contribution in [-0.2, 0) is 27.2 Å². The zero-order chi connectivity index (χ0) is 25.4. The van der Waals surface area contributed by atoms with Gasteiger partial charge < -0.3 is 14.6 Å². The van der Waals surface area contributed by atoms with Crippen LogP contribution >= 0.6 is 0 Å². The van der Waals surface area contributed by atoms with Crippen LogP contribution in [0.5, 0.6) is 11.5 Å². The van der Waals surface area contributed by atoms with E-state index < -0.39 is 23.7 Å². The number of fused-ring (bicyclic) bond motifs is 1. The van der Waals surface area contributed by atoms with Gasteiger partial charge in [-0.3, -0.25) is 19.3 Å². The number of carbonyl (C=O) groups is 3. The number of benzene rings is 3. The van der Waals surface area contributed by atoms with Crippen molar-refractivity contribution in [1.82, 2.24) is 0 Å². The van der Waals surface area contributed by atoms with E-state index in [1.54, 1.807) is 54.6 Å². The smallest absolute Gasteiger partial charge is 0.308 e. The third kappa shape index (κ3) is 4.13. The maximum absolute atomic E-state index is 13.4. The molecule has 1 fully saturated rings. The molecule has 36 heavy (non-hydrogen) atoms. The first-order chi connectivity index (χ1) is 17.4. The van der Waals surface area contributed by atoms with Gasteiger partial charge in [-0.05, 0) is 65.6 Å². The predicted molar refractivity (Wildman–Crippen MR) is 134 cm³/mol. The van der Waals surface area contributed by atoms with Crippen molar-refractivity contribution in [3.63, 3.8) is 0 Å². The molecule has 1 unspecified atom stereocenters. The van der Waals surface area contributed by atoms with Gasteiger partial charge in [-0.1, -0.05) is 31.2 Å². The Bertz CT molecular complexity index is 1410. The number of esters is 1. The zero-order valence-electron chi connectivity index (χ0n) is 20.0. The van der Waals surface area contributed by atoms with Gasteiger partial charge in [0, 0.05) is 24.6 Å². The van der Waals surface area contributed by atoms with Crippen LogP contribution in [0, 0.1) is 0 Å². The molecule has 1 N–H and O–H groups in total. The van der Waals surface area contributed by atoms with E-state index in [0.29, 0.717) is 29.8 Å². The molecule has 2 heterocycles. The molecule has 1 amide bonds. The molecule has 7 nitrogen and oxygen atoms in total. The lowest BCUT2D eigenvalue weighted by molar-refractivity contribution is -0.132. The highest BCUT2D eigenvalue weighted by Crippen LogP contribution is 2.43. The molecule has 2 aliphatic heterocycles. The van der Waals surface area contributed by atoms with E-state index in [0.717, 1.165) is 23.3 Å². The molecule has 3 aromatic carbocycles. The van der Waals surface area contributed by atoms with Gasteiger partial charge in [0.15, 0.2) is 0 Å². The van der Waals surface area contributed by atoms with Crippen molar-refractivity contribution >= 4 is 29.1 Å². The standard InChI is InChI=1S/C29H25NO6/c1-3-18-7-10-22(11-8-18)30-26(20-5-4-6-23(16-20)36-17(2)31)25(28(33)29(30)34)27(32)21-9-12-24-19(15-21)13-14-35-24/h4-12,15-16,26,32H,3,13-14H2,1-2H3/b27-25-. The van der Waals surface area contributed by atoms with Crippen molar-refractivity contribution in [3.05, 3.63) is 94.6 Å². The second-order valence-corrected chi connectivity index (χ2v) is 8.78. The molecule has 0 bridgehead atoms. The molecule has 5 rings (SSSR count). The number of nitrogens with zero attached hydrogens (tertiary/aromatic N) is 1. The first-order valence-corrected chi connectivity index (χ1v) is 11.8. The van der Waals surface area contributed by atoms with Crippen LogP contribution in [0.25, 0.3) is 5.76 Å². The van der Waals surface area contributed by atoms with Crippen molar-refractivity contribution in [2.75, 3.05) is 11.5 Å². The van der Waals surface area contributed by atoms with E-state index in [9.17, 15) is 19.5 Å². The van der Waals surface area contributed by atoms with Gasteiger partial charge in [0.2, 0.25) is 0 Å². The quantitative estimate of drug-likeness (QED) is 0.185. The Morgan fingerprint density at radius 3 is 2.58 bits per heavy atom. The summed E-state index contributed by atoms with van der Waals surface area (Å²) >= 11 is 0. The summed E-state index contributed by atoms with van der Waals surface area (Å²) in [5.74, 6) is -1.26. The number of amides is 1. The summed E-state index contributed by atoms with van der Waals surface area (Å²) in [5.41, 5.74) is 3.47. The highest BCUT2D eigenvalue weighted by Gasteiger charge is 2.47. The Morgan fingerprint density at radius 2 is 1.86 bits per heavy atom. The van der Waals surface area contributed by atoms with Crippen molar-refractivity contribution in [2.45, 2.75) is 32.7 Å². The fourth-order valence-corrected chi connectivity index (χ4v) is 4.71. The third-order valence-corrected chi connectivity index (χ3v) is 6.47. The Balaban J connectivity index is 1.68. The molecule has 7 heteroatoms. The molecule has 3 aromatic rings. The van der Waals surface area contributed by atoms with Crippen LogP contribution in [-0.4, -0.2) is 29.4 Å². The lowest BCUT2D eigenvalue weighted by Crippen LogP contribution is -2.29. The Morgan fingerprint density at radius 1 is 1.08 bits per heavy atom. The molecule has 0 aromatic heterocycles. The first kappa shape index (κ1) is 23.4. The summed E-state index contributed by atoms with van der Waals surface area (Å²) < 4.78 is 10.8. The average molecular weight is 484 g/mol. The monoisotopic (exact) mass is 483 g/mol. The number of aliphatic hydroxyl groups excluding tert-OH is 1. The Hall–Kier alpha value is -4.39. The van der Waals surface area contributed by atoms with Crippen LogP contribution in [0.4, 0.5) is 5.69 Å². The van der Waals surface area contributed by atoms with Crippen molar-refractivity contribution < 1.29 is 29.0 Å². The van der Waals surface area contributed by atoms with Gasteiger partial charge in [0.05, 0.1) is 18.2 Å². The second-order valence-electron chi connectivity index (χ2n) is 8.78. The number of hydrogen-bond donors (Lipinski definition) is 1. The molecule has 1 atom stereocenters. The fraction of sp³-hybridized carbons (Fsp3) is 0.207. The number of hydrogen-bond acceptors (Lipinski definition) is 6. The molecular weight excluding hydrogens is 458 g/mol. The van der Waals surface area contributed by atoms with E-state index in [1.807, 2.05) is 19.1 Å². The molecule has 1 saturated heterocycles. The normalized spacial score (nSPS) is 18.2. The largest absolute Gasteiger partial charge is 0.507 e. The molecule has 0 spiro atoms. The predicted octanol–water partition coefficient (Wildman–Crippen LogP) is 4.74. The lowest BCUT2D eigenvalue weighted by Gasteiger charge is -2.26. The summed E-state index contributed by atoms with van der Waals surface area (Å²) in [5, 5.41) is 11.4. The van der Waals surface area contributed by atoms with Gasteiger partial charge in [-0.15, -0.1) is 0 Å². The van der Waals surface area contributed by atoms with Gasteiger partial charge in [0.25, 0.3) is 11.7 Å². The van der Waals surface area contributed by atoms with Crippen LogP contribution in [0.15, 0.2) is 72.3 Å². The van der Waals surface area contributed by atoms with Gasteiger partial charge in [-0.25, -0.2) is 0 Å². The van der Waals surface area contributed by atoms with E-state index in [2.05, 4.69) is 0 Å². The first-order valence-electron chi connectivity index (χ1n) is 11.8. The van der Waals surface area contributed by atoms with Crippen LogP contribution in [0.3, 0.4) is 0 Å². The van der Waals surface area contributed by atoms with Crippen molar-refractivity contribution in [3.8, 4) is 11.5 Å². The number of aryl methyl sites for hydroxylation is 1. The number of aliphatic hydroxyl groups is 1. The van der Waals surface area contributed by atoms with Crippen LogP contribution in [0.1, 0.15) is 42.1 Å². The van der Waals surface area contributed by atoms with Crippen molar-refractivity contribution in [1.29, 1.82) is 0 Å². The highest BCUT2D eigenvalue weighted by molar-refractivity contribution is 6.51. The molecule has 0 radical (unpaired) electrons. The van der Waals surface area contributed by atoms with E-state index in [-0.39, 0.29) is 17.1 Å². The number of carbonyl (C=O) groups excluding carboxylic acids is 3. The third-order valence-electron chi connectivity index (χ3n) is 6.47. The molecule has 2 aliphatic rings. The zero-order valence-corrected chi connectivity index (χ0v) is 20.0. The summed E-state index contributed by atoms with van der Waals surface area (Å²) in [7, 11) is 0. The SMILES string of the molecule is CCc1ccc(N2C(=O)C(=O)/C(=C(\O)c3ccc4c(c3)CCO4)C2c2cccc(OC(C)=O)c2)cc1. The minimum Gasteiger partial charge on any atom is -0.507 e. The van der Waals surface area contributed by atoms with Gasteiger partial charge in [0.1, 0.15) is 17.3 Å². The van der Waals surface area contributed by atoms with Gasteiger partial charge >= 0.3 is 5.97 Å².